The lowest BCUT2D eigenvalue weighted by molar-refractivity contribution is 0.290. The van der Waals surface area contributed by atoms with E-state index in [1.807, 2.05) is 19.1 Å². The van der Waals surface area contributed by atoms with Crippen molar-refractivity contribution in [1.29, 1.82) is 0 Å². The third kappa shape index (κ3) is 3.69. The van der Waals surface area contributed by atoms with Gasteiger partial charge in [0.1, 0.15) is 18.2 Å². The Hall–Kier alpha value is -1.58. The molecule has 0 aliphatic heterocycles. The quantitative estimate of drug-likeness (QED) is 0.922. The molecule has 0 heterocycles. The van der Waals surface area contributed by atoms with E-state index in [1.54, 1.807) is 18.2 Å². The van der Waals surface area contributed by atoms with Crippen molar-refractivity contribution in [2.75, 3.05) is 6.61 Å². The maximum absolute atomic E-state index is 13.1. The van der Waals surface area contributed by atoms with Crippen LogP contribution in [-0.4, -0.2) is 6.61 Å². The summed E-state index contributed by atoms with van der Waals surface area (Å²) >= 11 is 6.06. The highest BCUT2D eigenvalue weighted by atomic mass is 35.5. The average molecular weight is 280 g/mol. The van der Waals surface area contributed by atoms with Gasteiger partial charge in [-0.2, -0.15) is 0 Å². The van der Waals surface area contributed by atoms with E-state index in [1.165, 1.54) is 12.1 Å². The number of hydrogen-bond donors (Lipinski definition) is 1. The van der Waals surface area contributed by atoms with E-state index >= 15 is 0 Å². The molecule has 0 aliphatic carbocycles. The van der Waals surface area contributed by atoms with Crippen molar-refractivity contribution in [1.82, 2.24) is 0 Å². The van der Waals surface area contributed by atoms with Crippen LogP contribution in [-0.2, 0) is 0 Å². The van der Waals surface area contributed by atoms with E-state index < -0.39 is 6.04 Å². The molecule has 0 spiro atoms. The molecular formula is C15H15ClFNO. The highest BCUT2D eigenvalue weighted by Crippen LogP contribution is 2.26. The smallest absolute Gasteiger partial charge is 0.138 e. The van der Waals surface area contributed by atoms with E-state index in [4.69, 9.17) is 22.1 Å². The van der Waals surface area contributed by atoms with Gasteiger partial charge in [-0.3, -0.25) is 0 Å². The molecule has 2 aromatic rings. The Balaban J connectivity index is 2.02. The highest BCUT2D eigenvalue weighted by molar-refractivity contribution is 6.32. The first-order valence-corrected chi connectivity index (χ1v) is 6.34. The molecule has 0 radical (unpaired) electrons. The topological polar surface area (TPSA) is 35.2 Å². The minimum Gasteiger partial charge on any atom is -0.490 e. The van der Waals surface area contributed by atoms with E-state index in [0.29, 0.717) is 16.3 Å². The Morgan fingerprint density at radius 2 is 2.05 bits per heavy atom. The molecular weight excluding hydrogens is 265 g/mol. The third-order valence-corrected chi connectivity index (χ3v) is 3.08. The third-order valence-electron chi connectivity index (χ3n) is 2.78. The molecule has 2 aromatic carbocycles. The maximum Gasteiger partial charge on any atom is 0.138 e. The molecule has 2 rings (SSSR count). The molecule has 0 saturated carbocycles. The molecule has 0 amide bonds. The number of nitrogens with two attached hydrogens (primary N) is 1. The van der Waals surface area contributed by atoms with Gasteiger partial charge < -0.3 is 10.5 Å². The molecule has 19 heavy (non-hydrogen) atoms. The van der Waals surface area contributed by atoms with Crippen molar-refractivity contribution < 1.29 is 9.13 Å². The Bertz CT molecular complexity index is 574. The minimum absolute atomic E-state index is 0.242. The molecule has 0 aromatic heterocycles. The standard InChI is InChI=1S/C15H15ClFNO/c1-10-5-6-15(13(16)7-10)19-9-14(18)11-3-2-4-12(17)8-11/h2-8,14H,9,18H2,1H3. The van der Waals surface area contributed by atoms with Crippen LogP contribution in [0.4, 0.5) is 4.39 Å². The summed E-state index contributed by atoms with van der Waals surface area (Å²) in [7, 11) is 0. The van der Waals surface area contributed by atoms with Crippen LogP contribution in [0.2, 0.25) is 5.02 Å². The van der Waals surface area contributed by atoms with Gasteiger partial charge in [0.2, 0.25) is 0 Å². The maximum atomic E-state index is 13.1. The molecule has 0 aliphatic rings. The Morgan fingerprint density at radius 3 is 2.74 bits per heavy atom. The number of rotatable bonds is 4. The molecule has 100 valence electrons. The van der Waals surface area contributed by atoms with Crippen LogP contribution in [0.1, 0.15) is 17.2 Å². The van der Waals surface area contributed by atoms with E-state index in [0.717, 1.165) is 5.56 Å². The van der Waals surface area contributed by atoms with E-state index in [9.17, 15) is 4.39 Å². The van der Waals surface area contributed by atoms with Crippen molar-refractivity contribution in [3.8, 4) is 5.75 Å². The van der Waals surface area contributed by atoms with Crippen LogP contribution in [0.15, 0.2) is 42.5 Å². The second-order valence-corrected chi connectivity index (χ2v) is 4.81. The van der Waals surface area contributed by atoms with Crippen molar-refractivity contribution in [2.24, 2.45) is 5.73 Å². The van der Waals surface area contributed by atoms with Gasteiger partial charge in [-0.25, -0.2) is 4.39 Å². The van der Waals surface area contributed by atoms with Gasteiger partial charge in [-0.05, 0) is 42.3 Å². The number of ether oxygens (including phenoxy) is 1. The summed E-state index contributed by atoms with van der Waals surface area (Å²) in [5.41, 5.74) is 7.72. The molecule has 0 bridgehead atoms. The summed E-state index contributed by atoms with van der Waals surface area (Å²) in [6.07, 6.45) is 0. The fraction of sp³-hybridized carbons (Fsp3) is 0.200. The van der Waals surface area contributed by atoms with E-state index in [-0.39, 0.29) is 12.4 Å². The second-order valence-electron chi connectivity index (χ2n) is 4.41. The number of halogens is 2. The number of hydrogen-bond acceptors (Lipinski definition) is 2. The lowest BCUT2D eigenvalue weighted by Crippen LogP contribution is -2.19. The Morgan fingerprint density at radius 1 is 1.26 bits per heavy atom. The predicted octanol–water partition coefficient (Wildman–Crippen LogP) is 3.87. The summed E-state index contributed by atoms with van der Waals surface area (Å²) in [6.45, 7) is 2.19. The SMILES string of the molecule is Cc1ccc(OCC(N)c2cccc(F)c2)c(Cl)c1. The summed E-state index contributed by atoms with van der Waals surface area (Å²) < 4.78 is 18.7. The normalized spacial score (nSPS) is 12.2. The predicted molar refractivity (Wildman–Crippen MR) is 75.0 cm³/mol. The summed E-state index contributed by atoms with van der Waals surface area (Å²) in [4.78, 5) is 0. The van der Waals surface area contributed by atoms with Gasteiger partial charge in [-0.15, -0.1) is 0 Å². The van der Waals surface area contributed by atoms with Gasteiger partial charge in [0.25, 0.3) is 0 Å². The van der Waals surface area contributed by atoms with Crippen LogP contribution in [0.25, 0.3) is 0 Å². The lowest BCUT2D eigenvalue weighted by Gasteiger charge is -2.14. The van der Waals surface area contributed by atoms with E-state index in [2.05, 4.69) is 0 Å². The molecule has 2 N–H and O–H groups in total. The van der Waals surface area contributed by atoms with Crippen LogP contribution >= 0.6 is 11.6 Å². The van der Waals surface area contributed by atoms with Gasteiger partial charge >= 0.3 is 0 Å². The zero-order valence-corrected chi connectivity index (χ0v) is 11.3. The summed E-state index contributed by atoms with van der Waals surface area (Å²) in [5.74, 6) is 0.278. The zero-order chi connectivity index (χ0) is 13.8. The van der Waals surface area contributed by atoms with Crippen LogP contribution < -0.4 is 10.5 Å². The summed E-state index contributed by atoms with van der Waals surface area (Å²) in [5, 5.41) is 0.548. The molecule has 1 unspecified atom stereocenters. The van der Waals surface area contributed by atoms with Crippen molar-refractivity contribution in [3.63, 3.8) is 0 Å². The molecule has 2 nitrogen and oxygen atoms in total. The Labute approximate surface area is 117 Å². The largest absolute Gasteiger partial charge is 0.490 e. The second kappa shape index (κ2) is 6.04. The van der Waals surface area contributed by atoms with Gasteiger partial charge in [0.05, 0.1) is 11.1 Å². The zero-order valence-electron chi connectivity index (χ0n) is 10.6. The van der Waals surface area contributed by atoms with Gasteiger partial charge in [0, 0.05) is 0 Å². The minimum atomic E-state index is -0.395. The fourth-order valence-electron chi connectivity index (χ4n) is 1.74. The van der Waals surface area contributed by atoms with Crippen molar-refractivity contribution in [2.45, 2.75) is 13.0 Å². The lowest BCUT2D eigenvalue weighted by atomic mass is 10.1. The molecule has 1 atom stereocenters. The van der Waals surface area contributed by atoms with Gasteiger partial charge in [-0.1, -0.05) is 29.8 Å². The first-order chi connectivity index (χ1) is 9.06. The monoisotopic (exact) mass is 279 g/mol. The molecule has 0 fully saturated rings. The average Bonchev–Trinajstić information content (AvgIpc) is 2.37. The summed E-state index contributed by atoms with van der Waals surface area (Å²) in [6, 6.07) is 11.3. The highest BCUT2D eigenvalue weighted by Gasteiger charge is 2.09. The van der Waals surface area contributed by atoms with Crippen LogP contribution in [0, 0.1) is 12.7 Å². The van der Waals surface area contributed by atoms with Crippen molar-refractivity contribution >= 4 is 11.6 Å². The fourth-order valence-corrected chi connectivity index (χ4v) is 2.03. The number of benzene rings is 2. The van der Waals surface area contributed by atoms with Crippen LogP contribution in [0.3, 0.4) is 0 Å². The first kappa shape index (κ1) is 13.8. The van der Waals surface area contributed by atoms with Crippen LogP contribution in [0.5, 0.6) is 5.75 Å². The van der Waals surface area contributed by atoms with Crippen molar-refractivity contribution in [3.05, 3.63) is 64.4 Å². The first-order valence-electron chi connectivity index (χ1n) is 5.96. The molecule has 4 heteroatoms. The Kier molecular flexibility index (Phi) is 4.40. The number of aryl methyl sites for hydroxylation is 1. The molecule has 0 saturated heterocycles. The van der Waals surface area contributed by atoms with Gasteiger partial charge in [0.15, 0.2) is 0 Å².